The first-order chi connectivity index (χ1) is 7.66. The fraction of sp³-hybridized carbons (Fsp3) is 0.615. The second kappa shape index (κ2) is 4.83. The van der Waals surface area contributed by atoms with E-state index in [1.54, 1.807) is 6.92 Å². The van der Waals surface area contributed by atoms with Crippen molar-refractivity contribution in [2.75, 3.05) is 18.5 Å². The Labute approximate surface area is 97.1 Å². The molecule has 88 valence electrons. The molecule has 1 aromatic rings. The highest BCUT2D eigenvalue weighted by Crippen LogP contribution is 2.28. The van der Waals surface area contributed by atoms with Crippen molar-refractivity contribution in [2.24, 2.45) is 5.92 Å². The van der Waals surface area contributed by atoms with E-state index in [2.05, 4.69) is 16.9 Å². The molecule has 0 aliphatic heterocycles. The fourth-order valence-corrected chi connectivity index (χ4v) is 2.04. The number of rotatable bonds is 4. The van der Waals surface area contributed by atoms with Crippen molar-refractivity contribution in [3.8, 4) is 0 Å². The summed E-state index contributed by atoms with van der Waals surface area (Å²) in [7, 11) is 2.11. The molecule has 3 nitrogen and oxygen atoms in total. The van der Waals surface area contributed by atoms with E-state index in [-0.39, 0.29) is 0 Å². The van der Waals surface area contributed by atoms with E-state index in [1.165, 1.54) is 19.3 Å². The van der Waals surface area contributed by atoms with Crippen molar-refractivity contribution >= 4 is 5.69 Å². The van der Waals surface area contributed by atoms with Crippen LogP contribution in [0.3, 0.4) is 0 Å². The van der Waals surface area contributed by atoms with E-state index in [1.807, 2.05) is 18.3 Å². The summed E-state index contributed by atoms with van der Waals surface area (Å²) < 4.78 is 0. The minimum atomic E-state index is -0.481. The fourth-order valence-electron chi connectivity index (χ4n) is 2.04. The predicted octanol–water partition coefficient (Wildman–Crippen LogP) is 2.37. The number of anilines is 1. The number of aromatic nitrogens is 1. The van der Waals surface area contributed by atoms with Crippen LogP contribution in [0.4, 0.5) is 5.69 Å². The maximum atomic E-state index is 9.37. The Morgan fingerprint density at radius 2 is 2.25 bits per heavy atom. The lowest BCUT2D eigenvalue weighted by molar-refractivity contribution is 0.194. The van der Waals surface area contributed by atoms with Gasteiger partial charge in [-0.1, -0.05) is 6.42 Å². The van der Waals surface area contributed by atoms with Gasteiger partial charge in [-0.3, -0.25) is 4.98 Å². The number of hydrogen-bond acceptors (Lipinski definition) is 3. The van der Waals surface area contributed by atoms with Crippen molar-refractivity contribution in [2.45, 2.75) is 32.3 Å². The van der Waals surface area contributed by atoms with Crippen molar-refractivity contribution < 1.29 is 5.11 Å². The van der Waals surface area contributed by atoms with Gasteiger partial charge in [-0.05, 0) is 37.8 Å². The molecule has 1 saturated carbocycles. The number of pyridine rings is 1. The second-order valence-electron chi connectivity index (χ2n) is 4.79. The van der Waals surface area contributed by atoms with Gasteiger partial charge in [0.15, 0.2) is 0 Å². The van der Waals surface area contributed by atoms with Gasteiger partial charge >= 0.3 is 0 Å². The van der Waals surface area contributed by atoms with Gasteiger partial charge in [-0.15, -0.1) is 0 Å². The van der Waals surface area contributed by atoms with Crippen LogP contribution < -0.4 is 4.90 Å². The SMILES string of the molecule is C[C@@H](O)c1ccc(N(C)CC2CCC2)cn1. The van der Waals surface area contributed by atoms with Crippen LogP contribution in [0.1, 0.15) is 38.0 Å². The molecule has 0 amide bonds. The smallest absolute Gasteiger partial charge is 0.0931 e. The lowest BCUT2D eigenvalue weighted by atomic mass is 9.85. The molecule has 1 aromatic heterocycles. The molecule has 1 aliphatic carbocycles. The summed E-state index contributed by atoms with van der Waals surface area (Å²) in [4.78, 5) is 6.51. The van der Waals surface area contributed by atoms with Crippen LogP contribution >= 0.6 is 0 Å². The van der Waals surface area contributed by atoms with Gasteiger partial charge < -0.3 is 10.0 Å². The van der Waals surface area contributed by atoms with E-state index in [9.17, 15) is 5.11 Å². The van der Waals surface area contributed by atoms with Crippen LogP contribution in [-0.4, -0.2) is 23.7 Å². The highest BCUT2D eigenvalue weighted by Gasteiger charge is 2.19. The van der Waals surface area contributed by atoms with E-state index in [0.29, 0.717) is 0 Å². The van der Waals surface area contributed by atoms with Gasteiger partial charge in [-0.25, -0.2) is 0 Å². The van der Waals surface area contributed by atoms with Crippen molar-refractivity contribution in [1.29, 1.82) is 0 Å². The van der Waals surface area contributed by atoms with Gasteiger partial charge in [0.2, 0.25) is 0 Å². The first kappa shape index (κ1) is 11.4. The predicted molar refractivity (Wildman–Crippen MR) is 65.5 cm³/mol. The largest absolute Gasteiger partial charge is 0.387 e. The van der Waals surface area contributed by atoms with Gasteiger partial charge in [0.05, 0.1) is 23.7 Å². The van der Waals surface area contributed by atoms with E-state index in [0.717, 1.165) is 23.8 Å². The molecule has 0 unspecified atom stereocenters. The van der Waals surface area contributed by atoms with Crippen LogP contribution in [0.2, 0.25) is 0 Å². The molecule has 1 heterocycles. The van der Waals surface area contributed by atoms with E-state index in [4.69, 9.17) is 0 Å². The van der Waals surface area contributed by atoms with Crippen LogP contribution in [0.25, 0.3) is 0 Å². The summed E-state index contributed by atoms with van der Waals surface area (Å²) in [6, 6.07) is 3.94. The molecule has 0 spiro atoms. The first-order valence-corrected chi connectivity index (χ1v) is 6.02. The molecule has 1 fully saturated rings. The molecule has 1 aliphatic rings. The number of hydrogen-bond donors (Lipinski definition) is 1. The van der Waals surface area contributed by atoms with Crippen LogP contribution in [0.15, 0.2) is 18.3 Å². The molecular weight excluding hydrogens is 200 g/mol. The average Bonchev–Trinajstić information content (AvgIpc) is 2.23. The molecule has 1 atom stereocenters. The second-order valence-corrected chi connectivity index (χ2v) is 4.79. The third kappa shape index (κ3) is 2.53. The zero-order valence-electron chi connectivity index (χ0n) is 10.1. The van der Waals surface area contributed by atoms with Crippen molar-refractivity contribution in [3.05, 3.63) is 24.0 Å². The maximum absolute atomic E-state index is 9.37. The van der Waals surface area contributed by atoms with Crippen molar-refractivity contribution in [1.82, 2.24) is 4.98 Å². The standard InChI is InChI=1S/C13H20N2O/c1-10(16)13-7-6-12(8-14-13)15(2)9-11-4-3-5-11/h6-8,10-11,16H,3-5,9H2,1-2H3/t10-/m1/s1. The molecule has 2 rings (SSSR count). The summed E-state index contributed by atoms with van der Waals surface area (Å²) in [5, 5.41) is 9.37. The van der Waals surface area contributed by atoms with E-state index < -0.39 is 6.10 Å². The summed E-state index contributed by atoms with van der Waals surface area (Å²) >= 11 is 0. The van der Waals surface area contributed by atoms with Gasteiger partial charge in [0, 0.05) is 13.6 Å². The summed E-state index contributed by atoms with van der Waals surface area (Å²) in [5.41, 5.74) is 1.87. The molecule has 1 N–H and O–H groups in total. The molecular formula is C13H20N2O. The average molecular weight is 220 g/mol. The van der Waals surface area contributed by atoms with Crippen LogP contribution in [0.5, 0.6) is 0 Å². The number of aliphatic hydroxyl groups excluding tert-OH is 1. The minimum Gasteiger partial charge on any atom is -0.387 e. The Morgan fingerprint density at radius 1 is 1.50 bits per heavy atom. The zero-order chi connectivity index (χ0) is 11.5. The highest BCUT2D eigenvalue weighted by molar-refractivity contribution is 5.43. The monoisotopic (exact) mass is 220 g/mol. The number of nitrogens with zero attached hydrogens (tertiary/aromatic N) is 2. The summed E-state index contributed by atoms with van der Waals surface area (Å²) in [6.45, 7) is 2.86. The van der Waals surface area contributed by atoms with Crippen molar-refractivity contribution in [3.63, 3.8) is 0 Å². The molecule has 3 heteroatoms. The van der Waals surface area contributed by atoms with E-state index >= 15 is 0 Å². The van der Waals surface area contributed by atoms with Gasteiger partial charge in [0.25, 0.3) is 0 Å². The molecule has 0 bridgehead atoms. The Bertz CT molecular complexity index is 330. The Kier molecular flexibility index (Phi) is 3.44. The highest BCUT2D eigenvalue weighted by atomic mass is 16.3. The molecule has 0 radical (unpaired) electrons. The topological polar surface area (TPSA) is 36.4 Å². The summed E-state index contributed by atoms with van der Waals surface area (Å²) in [5.74, 6) is 0.862. The first-order valence-electron chi connectivity index (χ1n) is 6.02. The third-order valence-electron chi connectivity index (χ3n) is 3.40. The maximum Gasteiger partial charge on any atom is 0.0931 e. The lowest BCUT2D eigenvalue weighted by Gasteiger charge is -2.31. The van der Waals surface area contributed by atoms with Gasteiger partial charge in [0.1, 0.15) is 0 Å². The Hall–Kier alpha value is -1.09. The molecule has 0 aromatic carbocycles. The lowest BCUT2D eigenvalue weighted by Crippen LogP contribution is -2.29. The van der Waals surface area contributed by atoms with Crippen LogP contribution in [-0.2, 0) is 0 Å². The zero-order valence-corrected chi connectivity index (χ0v) is 10.1. The third-order valence-corrected chi connectivity index (χ3v) is 3.40. The van der Waals surface area contributed by atoms with Crippen LogP contribution in [0, 0.1) is 5.92 Å². The molecule has 16 heavy (non-hydrogen) atoms. The number of aliphatic hydroxyl groups is 1. The summed E-state index contributed by atoms with van der Waals surface area (Å²) in [6.07, 6.45) is 5.48. The minimum absolute atomic E-state index is 0.481. The normalized spacial score (nSPS) is 17.9. The molecule has 0 saturated heterocycles. The Morgan fingerprint density at radius 3 is 2.69 bits per heavy atom. The quantitative estimate of drug-likeness (QED) is 0.846. The Balaban J connectivity index is 1.97. The van der Waals surface area contributed by atoms with Gasteiger partial charge in [-0.2, -0.15) is 0 Å².